The van der Waals surface area contributed by atoms with Crippen molar-refractivity contribution in [1.29, 1.82) is 0 Å². The number of anilines is 1. The highest BCUT2D eigenvalue weighted by Gasteiger charge is 2.60. The normalized spacial score (nSPS) is 21.7. The molecule has 0 saturated carbocycles. The standard InChI is InChI=1S/C23H27ClF7N3O2/c24-17-2-1-3-18(33-8-4-15(25)5-9-33)16(17)12-32-13-21(14-32)6-10-34(11-7-21)20(35)36-19(22(26,27)28)23(29,30)31/h1-3,15,19H,4-14H2. The van der Waals surface area contributed by atoms with Crippen LogP contribution >= 0.6 is 11.6 Å². The fraction of sp³-hybridized carbons (Fsp3) is 0.696. The summed E-state index contributed by atoms with van der Waals surface area (Å²) in [6, 6.07) is 5.63. The lowest BCUT2D eigenvalue weighted by atomic mass is 9.72. The van der Waals surface area contributed by atoms with Gasteiger partial charge >= 0.3 is 18.4 Å². The van der Waals surface area contributed by atoms with E-state index in [-0.39, 0.29) is 18.5 Å². The van der Waals surface area contributed by atoms with Gasteiger partial charge in [-0.15, -0.1) is 0 Å². The smallest absolute Gasteiger partial charge is 0.426 e. The zero-order chi connectivity index (χ0) is 26.3. The SMILES string of the molecule is O=C(OC(C(F)(F)F)C(F)(F)F)N1CCC2(CC1)CN(Cc1c(Cl)cccc1N1CCC(F)CC1)C2. The van der Waals surface area contributed by atoms with Gasteiger partial charge in [-0.2, -0.15) is 26.3 Å². The summed E-state index contributed by atoms with van der Waals surface area (Å²) < 4.78 is 93.6. The van der Waals surface area contributed by atoms with Crippen molar-refractivity contribution in [2.24, 2.45) is 5.41 Å². The van der Waals surface area contributed by atoms with Gasteiger partial charge in [0.05, 0.1) is 0 Å². The van der Waals surface area contributed by atoms with E-state index in [1.807, 2.05) is 12.1 Å². The molecule has 3 aliphatic heterocycles. The highest BCUT2D eigenvalue weighted by molar-refractivity contribution is 6.31. The van der Waals surface area contributed by atoms with Gasteiger partial charge in [-0.05, 0) is 43.2 Å². The van der Waals surface area contributed by atoms with Crippen LogP contribution in [-0.2, 0) is 11.3 Å². The molecule has 1 spiro atoms. The fourth-order valence-electron chi connectivity index (χ4n) is 5.30. The molecule has 3 saturated heterocycles. The van der Waals surface area contributed by atoms with Crippen LogP contribution in [0.4, 0.5) is 41.2 Å². The first-order chi connectivity index (χ1) is 16.8. The molecule has 3 fully saturated rings. The molecule has 3 heterocycles. The van der Waals surface area contributed by atoms with Gasteiger partial charge in [-0.25, -0.2) is 9.18 Å². The summed E-state index contributed by atoms with van der Waals surface area (Å²) in [4.78, 5) is 17.2. The number of likely N-dealkylation sites (tertiary alicyclic amines) is 2. The maximum atomic E-state index is 13.6. The Kier molecular flexibility index (Phi) is 7.58. The average molecular weight is 546 g/mol. The van der Waals surface area contributed by atoms with Crippen LogP contribution in [0, 0.1) is 5.41 Å². The van der Waals surface area contributed by atoms with Crippen molar-refractivity contribution in [1.82, 2.24) is 9.80 Å². The second-order valence-electron chi connectivity index (χ2n) is 9.88. The second-order valence-corrected chi connectivity index (χ2v) is 10.3. The molecule has 202 valence electrons. The van der Waals surface area contributed by atoms with Crippen molar-refractivity contribution in [3.8, 4) is 0 Å². The molecule has 36 heavy (non-hydrogen) atoms. The van der Waals surface area contributed by atoms with Gasteiger partial charge < -0.3 is 14.5 Å². The van der Waals surface area contributed by atoms with E-state index < -0.39 is 30.7 Å². The highest BCUT2D eigenvalue weighted by Crippen LogP contribution is 2.43. The summed E-state index contributed by atoms with van der Waals surface area (Å²) in [6.07, 6.45) is -16.2. The molecule has 0 aromatic heterocycles. The third-order valence-corrected chi connectivity index (χ3v) is 7.61. The zero-order valence-electron chi connectivity index (χ0n) is 19.3. The van der Waals surface area contributed by atoms with Crippen LogP contribution in [0.1, 0.15) is 31.2 Å². The molecule has 1 aromatic carbocycles. The Labute approximate surface area is 209 Å². The van der Waals surface area contributed by atoms with E-state index in [1.54, 1.807) is 6.07 Å². The van der Waals surface area contributed by atoms with Gasteiger partial charge in [-0.1, -0.05) is 17.7 Å². The number of rotatable bonds is 4. The Hall–Kier alpha value is -1.95. The second kappa shape index (κ2) is 10.1. The van der Waals surface area contributed by atoms with Crippen molar-refractivity contribution in [3.63, 3.8) is 0 Å². The molecule has 4 rings (SSSR count). The summed E-state index contributed by atoms with van der Waals surface area (Å²) >= 11 is 6.49. The minimum absolute atomic E-state index is 0.0185. The monoisotopic (exact) mass is 545 g/mol. The van der Waals surface area contributed by atoms with Crippen molar-refractivity contribution in [2.45, 2.75) is 56.9 Å². The average Bonchev–Trinajstić information content (AvgIpc) is 2.77. The Balaban J connectivity index is 1.31. The minimum atomic E-state index is -5.74. The summed E-state index contributed by atoms with van der Waals surface area (Å²) in [6.45, 7) is 3.15. The van der Waals surface area contributed by atoms with Gasteiger partial charge in [-0.3, -0.25) is 4.90 Å². The van der Waals surface area contributed by atoms with E-state index in [4.69, 9.17) is 11.6 Å². The fourth-order valence-corrected chi connectivity index (χ4v) is 5.53. The van der Waals surface area contributed by atoms with Crippen LogP contribution in [0.2, 0.25) is 5.02 Å². The number of ether oxygens (including phenoxy) is 1. The molecule has 5 nitrogen and oxygen atoms in total. The number of amides is 1. The van der Waals surface area contributed by atoms with Crippen LogP contribution in [0.15, 0.2) is 18.2 Å². The van der Waals surface area contributed by atoms with Gasteiger partial charge in [0.1, 0.15) is 6.17 Å². The molecule has 3 aliphatic rings. The molecule has 0 aliphatic carbocycles. The molecular formula is C23H27ClF7N3O2. The molecule has 13 heteroatoms. The number of hydrogen-bond acceptors (Lipinski definition) is 4. The number of halogens is 8. The lowest BCUT2D eigenvalue weighted by molar-refractivity contribution is -0.308. The number of piperidine rings is 2. The maximum Gasteiger partial charge on any atom is 0.434 e. The first kappa shape index (κ1) is 27.1. The number of hydrogen-bond donors (Lipinski definition) is 0. The van der Waals surface area contributed by atoms with Crippen molar-refractivity contribution >= 4 is 23.4 Å². The predicted molar refractivity (Wildman–Crippen MR) is 119 cm³/mol. The molecule has 1 aromatic rings. The van der Waals surface area contributed by atoms with Gasteiger partial charge in [0.15, 0.2) is 0 Å². The van der Waals surface area contributed by atoms with E-state index in [1.165, 1.54) is 0 Å². The number of carbonyl (C=O) groups is 1. The minimum Gasteiger partial charge on any atom is -0.426 e. The number of nitrogens with zero attached hydrogens (tertiary/aromatic N) is 3. The largest absolute Gasteiger partial charge is 0.434 e. The van der Waals surface area contributed by atoms with Gasteiger partial charge in [0.25, 0.3) is 6.10 Å². The van der Waals surface area contributed by atoms with Crippen molar-refractivity contribution in [3.05, 3.63) is 28.8 Å². The Morgan fingerprint density at radius 1 is 1.03 bits per heavy atom. The van der Waals surface area contributed by atoms with Crippen molar-refractivity contribution < 1.29 is 40.3 Å². The predicted octanol–water partition coefficient (Wildman–Crippen LogP) is 5.81. The van der Waals surface area contributed by atoms with E-state index in [9.17, 15) is 35.5 Å². The molecule has 0 radical (unpaired) electrons. The summed E-state index contributed by atoms with van der Waals surface area (Å²) in [5.74, 6) is 0. The summed E-state index contributed by atoms with van der Waals surface area (Å²) in [7, 11) is 0. The van der Waals surface area contributed by atoms with Crippen LogP contribution in [0.5, 0.6) is 0 Å². The quantitative estimate of drug-likeness (QED) is 0.448. The lowest BCUT2D eigenvalue weighted by Crippen LogP contribution is -2.60. The molecule has 0 N–H and O–H groups in total. The van der Waals surface area contributed by atoms with E-state index in [2.05, 4.69) is 14.5 Å². The van der Waals surface area contributed by atoms with Gasteiger partial charge in [0.2, 0.25) is 0 Å². The Bertz CT molecular complexity index is 921. The van der Waals surface area contributed by atoms with E-state index in [0.717, 1.165) is 16.2 Å². The van der Waals surface area contributed by atoms with Crippen molar-refractivity contribution in [2.75, 3.05) is 44.2 Å². The number of benzene rings is 1. The zero-order valence-corrected chi connectivity index (χ0v) is 20.1. The van der Waals surface area contributed by atoms with Crippen LogP contribution in [0.25, 0.3) is 0 Å². The van der Waals surface area contributed by atoms with Crippen LogP contribution in [-0.4, -0.2) is 79.8 Å². The van der Waals surface area contributed by atoms with E-state index in [0.29, 0.717) is 63.4 Å². The third-order valence-electron chi connectivity index (χ3n) is 7.25. The summed E-state index contributed by atoms with van der Waals surface area (Å²) in [5, 5.41) is 0.609. The van der Waals surface area contributed by atoms with E-state index >= 15 is 0 Å². The summed E-state index contributed by atoms with van der Waals surface area (Å²) in [5.41, 5.74) is 1.74. The Morgan fingerprint density at radius 3 is 2.17 bits per heavy atom. The molecular weight excluding hydrogens is 519 g/mol. The number of alkyl halides is 7. The van der Waals surface area contributed by atoms with Crippen LogP contribution < -0.4 is 4.90 Å². The molecule has 0 unspecified atom stereocenters. The first-order valence-corrected chi connectivity index (χ1v) is 12.1. The molecule has 0 atom stereocenters. The number of carbonyl (C=O) groups excluding carboxylic acids is 1. The van der Waals surface area contributed by atoms with Gasteiger partial charge in [0, 0.05) is 62.1 Å². The highest BCUT2D eigenvalue weighted by atomic mass is 35.5. The topological polar surface area (TPSA) is 36.0 Å². The molecule has 0 bridgehead atoms. The third kappa shape index (κ3) is 5.95. The molecule has 1 amide bonds. The lowest BCUT2D eigenvalue weighted by Gasteiger charge is -2.54. The Morgan fingerprint density at radius 2 is 1.61 bits per heavy atom. The maximum absolute atomic E-state index is 13.6. The first-order valence-electron chi connectivity index (χ1n) is 11.8. The van der Waals surface area contributed by atoms with Crippen LogP contribution in [0.3, 0.4) is 0 Å².